The molecule has 110 valence electrons. The van der Waals surface area contributed by atoms with Crippen LogP contribution in [-0.2, 0) is 14.3 Å². The number of hydrogen-bond acceptors (Lipinski definition) is 5. The molecule has 1 amide bonds. The maximum atomic E-state index is 12.0. The lowest BCUT2D eigenvalue weighted by Gasteiger charge is -2.35. The second-order valence-electron chi connectivity index (χ2n) is 5.80. The number of ether oxygens (including phenoxy) is 2. The smallest absolute Gasteiger partial charge is 0.410 e. The minimum absolute atomic E-state index is 0.0137. The first-order chi connectivity index (χ1) is 8.74. The van der Waals surface area contributed by atoms with Gasteiger partial charge in [-0.2, -0.15) is 0 Å². The largest absolute Gasteiger partial charge is 0.468 e. The summed E-state index contributed by atoms with van der Waals surface area (Å²) in [6.45, 7) is 6.17. The maximum absolute atomic E-state index is 12.0. The van der Waals surface area contributed by atoms with Crippen LogP contribution in [0.3, 0.4) is 0 Å². The van der Waals surface area contributed by atoms with Gasteiger partial charge < -0.3 is 19.7 Å². The third kappa shape index (κ3) is 4.70. The van der Waals surface area contributed by atoms with Crippen LogP contribution in [0.1, 0.15) is 33.6 Å². The lowest BCUT2D eigenvalue weighted by Crippen LogP contribution is -2.52. The Morgan fingerprint density at radius 3 is 2.47 bits per heavy atom. The van der Waals surface area contributed by atoms with Gasteiger partial charge in [-0.05, 0) is 40.2 Å². The number of esters is 1. The molecule has 1 saturated heterocycles. The van der Waals surface area contributed by atoms with Gasteiger partial charge in [0.25, 0.3) is 0 Å². The van der Waals surface area contributed by atoms with E-state index in [9.17, 15) is 9.59 Å². The number of methoxy groups -OCH3 is 1. The average Bonchev–Trinajstić information content (AvgIpc) is 2.35. The number of amides is 1. The molecular weight excluding hydrogens is 248 g/mol. The summed E-state index contributed by atoms with van der Waals surface area (Å²) in [6, 6.07) is -0.367. The summed E-state index contributed by atoms with van der Waals surface area (Å²) in [4.78, 5) is 25.1. The van der Waals surface area contributed by atoms with Crippen molar-refractivity contribution in [2.75, 3.05) is 20.7 Å². The molecule has 0 saturated carbocycles. The molecule has 0 aromatic rings. The first kappa shape index (κ1) is 15.8. The minimum atomic E-state index is -0.514. The second-order valence-corrected chi connectivity index (χ2v) is 5.80. The minimum Gasteiger partial charge on any atom is -0.468 e. The molecule has 1 aliphatic rings. The van der Waals surface area contributed by atoms with Gasteiger partial charge in [0.15, 0.2) is 0 Å². The van der Waals surface area contributed by atoms with E-state index >= 15 is 0 Å². The number of piperidine rings is 1. The van der Waals surface area contributed by atoms with Gasteiger partial charge >= 0.3 is 12.1 Å². The molecule has 1 N–H and O–H groups in total. The van der Waals surface area contributed by atoms with Crippen molar-refractivity contribution in [3.05, 3.63) is 0 Å². The second kappa shape index (κ2) is 6.23. The van der Waals surface area contributed by atoms with Crippen molar-refractivity contribution in [1.29, 1.82) is 0 Å². The van der Waals surface area contributed by atoms with Crippen LogP contribution in [0, 0.1) is 0 Å². The van der Waals surface area contributed by atoms with E-state index in [1.807, 2.05) is 20.8 Å². The molecule has 1 aliphatic heterocycles. The number of hydrogen-bond donors (Lipinski definition) is 1. The third-order valence-electron chi connectivity index (χ3n) is 3.09. The third-order valence-corrected chi connectivity index (χ3v) is 3.09. The number of nitrogens with zero attached hydrogens (tertiary/aromatic N) is 1. The quantitative estimate of drug-likeness (QED) is 0.764. The topological polar surface area (TPSA) is 67.9 Å². The van der Waals surface area contributed by atoms with E-state index in [0.717, 1.165) is 6.42 Å². The van der Waals surface area contributed by atoms with Crippen LogP contribution >= 0.6 is 0 Å². The van der Waals surface area contributed by atoms with Crippen molar-refractivity contribution in [2.45, 2.75) is 51.3 Å². The molecule has 1 heterocycles. The van der Waals surface area contributed by atoms with E-state index in [4.69, 9.17) is 9.47 Å². The zero-order valence-corrected chi connectivity index (χ0v) is 12.4. The molecule has 0 aromatic heterocycles. The van der Waals surface area contributed by atoms with Crippen molar-refractivity contribution in [3.63, 3.8) is 0 Å². The first-order valence-electron chi connectivity index (χ1n) is 6.51. The Morgan fingerprint density at radius 1 is 1.32 bits per heavy atom. The number of nitrogens with one attached hydrogen (secondary N) is 1. The SMILES string of the molecule is COC(=O)[C@H]1C[C@@H](N(C)C(=O)OC(C)(C)C)CCN1. The van der Waals surface area contributed by atoms with Crippen LogP contribution in [0.5, 0.6) is 0 Å². The Balaban J connectivity index is 2.59. The van der Waals surface area contributed by atoms with Crippen LogP contribution in [0.15, 0.2) is 0 Å². The van der Waals surface area contributed by atoms with E-state index in [1.165, 1.54) is 7.11 Å². The highest BCUT2D eigenvalue weighted by molar-refractivity contribution is 5.76. The highest BCUT2D eigenvalue weighted by Crippen LogP contribution is 2.18. The fraction of sp³-hybridized carbons (Fsp3) is 0.846. The average molecular weight is 272 g/mol. The summed E-state index contributed by atoms with van der Waals surface area (Å²) in [5.41, 5.74) is -0.514. The van der Waals surface area contributed by atoms with Gasteiger partial charge in [0.2, 0.25) is 0 Å². The molecule has 1 rings (SSSR count). The number of carbonyl (C=O) groups excluding carboxylic acids is 2. The van der Waals surface area contributed by atoms with E-state index in [2.05, 4.69) is 5.32 Å². The Kier molecular flexibility index (Phi) is 5.17. The molecule has 6 nitrogen and oxygen atoms in total. The summed E-state index contributed by atoms with van der Waals surface area (Å²) < 4.78 is 10.0. The van der Waals surface area contributed by atoms with Crippen LogP contribution in [0.25, 0.3) is 0 Å². The molecule has 1 fully saturated rings. The molecule has 0 aliphatic carbocycles. The van der Waals surface area contributed by atoms with Gasteiger partial charge in [-0.15, -0.1) is 0 Å². The van der Waals surface area contributed by atoms with E-state index in [-0.39, 0.29) is 24.1 Å². The lowest BCUT2D eigenvalue weighted by molar-refractivity contribution is -0.144. The molecule has 0 bridgehead atoms. The molecule has 0 radical (unpaired) electrons. The maximum Gasteiger partial charge on any atom is 0.410 e. The van der Waals surface area contributed by atoms with E-state index < -0.39 is 5.60 Å². The number of carbonyl (C=O) groups is 2. The van der Waals surface area contributed by atoms with Crippen molar-refractivity contribution in [3.8, 4) is 0 Å². The molecule has 0 aromatic carbocycles. The van der Waals surface area contributed by atoms with Crippen LogP contribution in [0.2, 0.25) is 0 Å². The van der Waals surface area contributed by atoms with Crippen LogP contribution in [-0.4, -0.2) is 55.3 Å². The molecule has 2 atom stereocenters. The Labute approximate surface area is 114 Å². The van der Waals surface area contributed by atoms with Gasteiger partial charge in [-0.1, -0.05) is 0 Å². The summed E-state index contributed by atoms with van der Waals surface area (Å²) in [7, 11) is 3.07. The van der Waals surface area contributed by atoms with Crippen molar-refractivity contribution in [1.82, 2.24) is 10.2 Å². The van der Waals surface area contributed by atoms with Crippen LogP contribution < -0.4 is 5.32 Å². The lowest BCUT2D eigenvalue weighted by atomic mass is 9.98. The van der Waals surface area contributed by atoms with E-state index in [0.29, 0.717) is 13.0 Å². The Morgan fingerprint density at radius 2 is 1.95 bits per heavy atom. The summed E-state index contributed by atoms with van der Waals surface area (Å²) in [5, 5.41) is 3.09. The van der Waals surface area contributed by atoms with Crippen LogP contribution in [0.4, 0.5) is 4.79 Å². The highest BCUT2D eigenvalue weighted by atomic mass is 16.6. The van der Waals surface area contributed by atoms with Crippen molar-refractivity contribution >= 4 is 12.1 Å². The molecule has 6 heteroatoms. The molecule has 19 heavy (non-hydrogen) atoms. The normalized spacial score (nSPS) is 23.6. The monoisotopic (exact) mass is 272 g/mol. The fourth-order valence-corrected chi connectivity index (χ4v) is 2.05. The highest BCUT2D eigenvalue weighted by Gasteiger charge is 2.32. The van der Waals surface area contributed by atoms with Crippen molar-refractivity contribution in [2.24, 2.45) is 0 Å². The van der Waals surface area contributed by atoms with Gasteiger partial charge in [0.05, 0.1) is 7.11 Å². The Hall–Kier alpha value is -1.30. The summed E-state index contributed by atoms with van der Waals surface area (Å²) in [6.07, 6.45) is 0.981. The van der Waals surface area contributed by atoms with E-state index in [1.54, 1.807) is 11.9 Å². The molecular formula is C13H24N2O4. The van der Waals surface area contributed by atoms with Gasteiger partial charge in [-0.3, -0.25) is 4.79 Å². The van der Waals surface area contributed by atoms with Gasteiger partial charge in [0.1, 0.15) is 11.6 Å². The summed E-state index contributed by atoms with van der Waals surface area (Å²) >= 11 is 0. The fourth-order valence-electron chi connectivity index (χ4n) is 2.05. The number of rotatable bonds is 2. The first-order valence-corrected chi connectivity index (χ1v) is 6.51. The Bertz CT molecular complexity index is 338. The summed E-state index contributed by atoms with van der Waals surface area (Å²) in [5.74, 6) is -0.290. The molecule has 0 unspecified atom stereocenters. The van der Waals surface area contributed by atoms with Crippen molar-refractivity contribution < 1.29 is 19.1 Å². The standard InChI is InChI=1S/C13H24N2O4/c1-13(2,3)19-12(17)15(4)9-6-7-14-10(8-9)11(16)18-5/h9-10,14H,6-8H2,1-5H3/t9-,10+/m0/s1. The predicted molar refractivity (Wildman–Crippen MR) is 70.8 cm³/mol. The van der Waals surface area contributed by atoms with Gasteiger partial charge in [-0.25, -0.2) is 4.79 Å². The predicted octanol–water partition coefficient (Wildman–Crippen LogP) is 1.15. The zero-order valence-electron chi connectivity index (χ0n) is 12.4. The zero-order chi connectivity index (χ0) is 14.6. The van der Waals surface area contributed by atoms with Gasteiger partial charge in [0, 0.05) is 13.1 Å². The molecule has 0 spiro atoms.